The minimum Gasteiger partial charge on any atom is -0.443 e. The van der Waals surface area contributed by atoms with Crippen LogP contribution in [0, 0.1) is 5.92 Å². The first kappa shape index (κ1) is 25.4. The molecular weight excluding hydrogens is 479 g/mol. The Morgan fingerprint density at radius 2 is 1.93 bits per heavy atom. The van der Waals surface area contributed by atoms with Crippen molar-refractivity contribution in [2.24, 2.45) is 10.9 Å². The second-order valence-electron chi connectivity index (χ2n) is 8.05. The van der Waals surface area contributed by atoms with Crippen LogP contribution in [0.3, 0.4) is 0 Å². The number of hydrogen-bond acceptors (Lipinski definition) is 4. The van der Waals surface area contributed by atoms with Gasteiger partial charge in [0, 0.05) is 18.5 Å². The highest BCUT2D eigenvalue weighted by molar-refractivity contribution is 14.0. The van der Waals surface area contributed by atoms with Crippen molar-refractivity contribution in [2.45, 2.75) is 53.2 Å². The first-order valence-electron chi connectivity index (χ1n) is 9.97. The van der Waals surface area contributed by atoms with Crippen molar-refractivity contribution < 1.29 is 9.15 Å². The molecule has 0 spiro atoms. The molecule has 0 aliphatic rings. The van der Waals surface area contributed by atoms with E-state index in [1.54, 1.807) is 6.20 Å². The number of halogens is 1. The van der Waals surface area contributed by atoms with Crippen LogP contribution in [0.15, 0.2) is 45.9 Å². The van der Waals surface area contributed by atoms with Gasteiger partial charge in [0.15, 0.2) is 5.96 Å². The molecule has 0 aliphatic heterocycles. The van der Waals surface area contributed by atoms with Crippen molar-refractivity contribution in [2.75, 3.05) is 19.7 Å². The number of benzene rings is 1. The zero-order valence-electron chi connectivity index (χ0n) is 18.2. The standard InChI is InChI=1S/C22H34N4O2.HI/c1-6-23-21(26-14-20-24-13-19(28-20)22(3,4)5)25-12-17(2)15-27-16-18-10-8-7-9-11-18;/h7-11,13,17H,6,12,14-16H2,1-5H3,(H2,23,25,26);1H. The molecule has 29 heavy (non-hydrogen) atoms. The van der Waals surface area contributed by atoms with Gasteiger partial charge in [-0.1, -0.05) is 58.0 Å². The molecule has 1 atom stereocenters. The summed E-state index contributed by atoms with van der Waals surface area (Å²) >= 11 is 0. The summed E-state index contributed by atoms with van der Waals surface area (Å²) < 4.78 is 11.6. The highest BCUT2D eigenvalue weighted by atomic mass is 127. The van der Waals surface area contributed by atoms with E-state index in [2.05, 4.69) is 60.4 Å². The Kier molecular flexibility index (Phi) is 11.3. The summed E-state index contributed by atoms with van der Waals surface area (Å²) in [4.78, 5) is 8.91. The zero-order valence-corrected chi connectivity index (χ0v) is 20.5. The van der Waals surface area contributed by atoms with Crippen LogP contribution >= 0.6 is 24.0 Å². The summed E-state index contributed by atoms with van der Waals surface area (Å²) in [6, 6.07) is 10.2. The van der Waals surface area contributed by atoms with Crippen LogP contribution in [-0.4, -0.2) is 30.6 Å². The molecule has 0 fully saturated rings. The number of nitrogens with one attached hydrogen (secondary N) is 2. The van der Waals surface area contributed by atoms with E-state index in [1.807, 2.05) is 25.1 Å². The molecule has 2 aromatic rings. The Labute approximate surface area is 191 Å². The summed E-state index contributed by atoms with van der Waals surface area (Å²) in [6.45, 7) is 13.8. The Balaban J connectivity index is 0.00000420. The fraction of sp³-hybridized carbons (Fsp3) is 0.545. The van der Waals surface area contributed by atoms with Gasteiger partial charge in [0.05, 0.1) is 19.4 Å². The van der Waals surface area contributed by atoms with Crippen LogP contribution in [-0.2, 0) is 23.3 Å². The van der Waals surface area contributed by atoms with E-state index in [4.69, 9.17) is 9.15 Å². The van der Waals surface area contributed by atoms with Gasteiger partial charge in [-0.25, -0.2) is 9.98 Å². The van der Waals surface area contributed by atoms with E-state index < -0.39 is 0 Å². The maximum absolute atomic E-state index is 5.81. The minimum atomic E-state index is -0.0487. The van der Waals surface area contributed by atoms with E-state index in [0.717, 1.165) is 24.8 Å². The predicted octanol–water partition coefficient (Wildman–Crippen LogP) is 4.50. The number of aromatic nitrogens is 1. The lowest BCUT2D eigenvalue weighted by Gasteiger charge is -2.16. The number of nitrogens with zero attached hydrogens (tertiary/aromatic N) is 2. The first-order valence-corrected chi connectivity index (χ1v) is 9.97. The second-order valence-corrected chi connectivity index (χ2v) is 8.05. The normalized spacial score (nSPS) is 12.9. The maximum atomic E-state index is 5.81. The van der Waals surface area contributed by atoms with Crippen molar-refractivity contribution >= 4 is 29.9 Å². The lowest BCUT2D eigenvalue weighted by atomic mass is 9.94. The van der Waals surface area contributed by atoms with Gasteiger partial charge >= 0.3 is 0 Å². The number of guanidine groups is 1. The molecule has 0 bridgehead atoms. The van der Waals surface area contributed by atoms with Crippen LogP contribution in [0.5, 0.6) is 0 Å². The third kappa shape index (κ3) is 9.62. The van der Waals surface area contributed by atoms with Crippen LogP contribution in [0.25, 0.3) is 0 Å². The van der Waals surface area contributed by atoms with Crippen molar-refractivity contribution in [1.29, 1.82) is 0 Å². The van der Waals surface area contributed by atoms with Crippen molar-refractivity contribution in [3.8, 4) is 0 Å². The second kappa shape index (κ2) is 12.8. The third-order valence-corrected chi connectivity index (χ3v) is 4.14. The Hall–Kier alpha value is -1.61. The SMILES string of the molecule is CCNC(=NCc1ncc(C(C)(C)C)o1)NCC(C)COCc1ccccc1.I. The first-order chi connectivity index (χ1) is 13.4. The smallest absolute Gasteiger partial charge is 0.216 e. The van der Waals surface area contributed by atoms with E-state index in [-0.39, 0.29) is 29.4 Å². The molecule has 1 unspecified atom stereocenters. The van der Waals surface area contributed by atoms with Crippen molar-refractivity contribution in [1.82, 2.24) is 15.6 Å². The summed E-state index contributed by atoms with van der Waals surface area (Å²) in [5.74, 6) is 2.62. The molecule has 162 valence electrons. The highest BCUT2D eigenvalue weighted by Gasteiger charge is 2.19. The van der Waals surface area contributed by atoms with Gasteiger partial charge in [0.2, 0.25) is 5.89 Å². The van der Waals surface area contributed by atoms with Crippen LogP contribution in [0.2, 0.25) is 0 Å². The molecule has 0 saturated heterocycles. The molecule has 0 aliphatic carbocycles. The molecule has 7 heteroatoms. The summed E-state index contributed by atoms with van der Waals surface area (Å²) in [5.41, 5.74) is 1.14. The molecule has 2 N–H and O–H groups in total. The lowest BCUT2D eigenvalue weighted by Crippen LogP contribution is -2.40. The number of aliphatic imine (C=N–C) groups is 1. The largest absolute Gasteiger partial charge is 0.443 e. The predicted molar refractivity (Wildman–Crippen MR) is 129 cm³/mol. The highest BCUT2D eigenvalue weighted by Crippen LogP contribution is 2.22. The van der Waals surface area contributed by atoms with Gasteiger partial charge in [0.25, 0.3) is 0 Å². The van der Waals surface area contributed by atoms with Gasteiger partial charge in [0.1, 0.15) is 12.3 Å². The Morgan fingerprint density at radius 1 is 1.21 bits per heavy atom. The molecule has 1 aromatic heterocycles. The van der Waals surface area contributed by atoms with Gasteiger partial charge < -0.3 is 19.8 Å². The molecule has 0 amide bonds. The third-order valence-electron chi connectivity index (χ3n) is 4.14. The molecule has 6 nitrogen and oxygen atoms in total. The monoisotopic (exact) mass is 514 g/mol. The van der Waals surface area contributed by atoms with E-state index >= 15 is 0 Å². The quantitative estimate of drug-likeness (QED) is 0.293. The number of rotatable bonds is 9. The average Bonchev–Trinajstić information content (AvgIpc) is 3.14. The summed E-state index contributed by atoms with van der Waals surface area (Å²) in [7, 11) is 0. The molecule has 0 radical (unpaired) electrons. The minimum absolute atomic E-state index is 0. The number of hydrogen-bond donors (Lipinski definition) is 2. The van der Waals surface area contributed by atoms with Crippen molar-refractivity contribution in [3.63, 3.8) is 0 Å². The van der Waals surface area contributed by atoms with Crippen LogP contribution < -0.4 is 10.6 Å². The maximum Gasteiger partial charge on any atom is 0.216 e. The lowest BCUT2D eigenvalue weighted by molar-refractivity contribution is 0.0931. The Morgan fingerprint density at radius 3 is 2.55 bits per heavy atom. The van der Waals surface area contributed by atoms with Gasteiger partial charge in [-0.2, -0.15) is 0 Å². The summed E-state index contributed by atoms with van der Waals surface area (Å²) in [5, 5.41) is 6.62. The average molecular weight is 514 g/mol. The van der Waals surface area contributed by atoms with Crippen LogP contribution in [0.4, 0.5) is 0 Å². The van der Waals surface area contributed by atoms with E-state index in [0.29, 0.717) is 31.6 Å². The van der Waals surface area contributed by atoms with E-state index in [9.17, 15) is 0 Å². The molecule has 2 rings (SSSR count). The van der Waals surface area contributed by atoms with Crippen LogP contribution in [0.1, 0.15) is 51.8 Å². The summed E-state index contributed by atoms with van der Waals surface area (Å²) in [6.07, 6.45) is 1.79. The number of ether oxygens (including phenoxy) is 1. The molecule has 1 aromatic carbocycles. The topological polar surface area (TPSA) is 71.7 Å². The fourth-order valence-corrected chi connectivity index (χ4v) is 2.50. The van der Waals surface area contributed by atoms with Gasteiger partial charge in [-0.05, 0) is 18.4 Å². The fourth-order valence-electron chi connectivity index (χ4n) is 2.50. The van der Waals surface area contributed by atoms with Gasteiger partial charge in [-0.3, -0.25) is 0 Å². The zero-order chi connectivity index (χ0) is 20.4. The molecule has 1 heterocycles. The van der Waals surface area contributed by atoms with Gasteiger partial charge in [-0.15, -0.1) is 24.0 Å². The van der Waals surface area contributed by atoms with Crippen molar-refractivity contribution in [3.05, 3.63) is 53.7 Å². The van der Waals surface area contributed by atoms with E-state index in [1.165, 1.54) is 5.56 Å². The molecular formula is C22H35IN4O2. The number of oxazole rings is 1. The molecule has 0 saturated carbocycles. The Bertz CT molecular complexity index is 726.